The lowest BCUT2D eigenvalue weighted by Gasteiger charge is -2.05. The van der Waals surface area contributed by atoms with Crippen molar-refractivity contribution in [2.24, 2.45) is 5.10 Å². The Balaban J connectivity index is 1.98. The summed E-state index contributed by atoms with van der Waals surface area (Å²) in [7, 11) is 1.56. The fourth-order valence-corrected chi connectivity index (χ4v) is 2.72. The van der Waals surface area contributed by atoms with Crippen LogP contribution in [0.25, 0.3) is 11.4 Å². The highest BCUT2D eigenvalue weighted by Crippen LogP contribution is 2.28. The summed E-state index contributed by atoms with van der Waals surface area (Å²) in [4.78, 5) is 0. The minimum atomic E-state index is -2.63. The molecule has 0 atom stereocenters. The molecule has 5 nitrogen and oxygen atoms in total. The van der Waals surface area contributed by atoms with E-state index in [0.717, 1.165) is 5.56 Å². The first kappa shape index (κ1) is 18.3. The molecule has 0 fully saturated rings. The van der Waals surface area contributed by atoms with Crippen LogP contribution in [0.5, 0.6) is 5.75 Å². The Kier molecular flexibility index (Phi) is 5.85. The molecule has 3 rings (SSSR count). The molecule has 0 radical (unpaired) electrons. The van der Waals surface area contributed by atoms with E-state index < -0.39 is 5.76 Å². The number of benzene rings is 2. The molecule has 0 spiro atoms. The first-order chi connectivity index (χ1) is 12.6. The molecule has 0 saturated heterocycles. The lowest BCUT2D eigenvalue weighted by molar-refractivity contribution is 0.251. The number of ether oxygens (including phenoxy) is 1. The largest absolute Gasteiger partial charge is 0.497 e. The second kappa shape index (κ2) is 8.29. The number of hydrogen-bond acceptors (Lipinski definition) is 5. The molecule has 0 bridgehead atoms. The van der Waals surface area contributed by atoms with Crippen molar-refractivity contribution in [1.82, 2.24) is 14.9 Å². The molecule has 0 unspecified atom stereocenters. The first-order valence-corrected chi connectivity index (χ1v) is 8.67. The molecule has 0 aliphatic rings. The maximum Gasteiger partial charge on any atom is 0.291 e. The summed E-state index contributed by atoms with van der Waals surface area (Å²) in [5.74, 6) is -1.61. The highest BCUT2D eigenvalue weighted by atomic mass is 35.5. The number of rotatable bonds is 6. The highest BCUT2D eigenvalue weighted by Gasteiger charge is 2.18. The fraction of sp³-hybridized carbons (Fsp3) is 0.118. The van der Waals surface area contributed by atoms with Gasteiger partial charge in [-0.25, -0.2) is 0 Å². The van der Waals surface area contributed by atoms with E-state index in [2.05, 4.69) is 15.3 Å². The average molecular weight is 395 g/mol. The smallest absolute Gasteiger partial charge is 0.291 e. The van der Waals surface area contributed by atoms with Gasteiger partial charge in [-0.1, -0.05) is 23.7 Å². The van der Waals surface area contributed by atoms with Crippen molar-refractivity contribution in [1.29, 1.82) is 0 Å². The lowest BCUT2D eigenvalue weighted by atomic mass is 10.2. The van der Waals surface area contributed by atoms with Gasteiger partial charge in [0.15, 0.2) is 5.82 Å². The number of methoxy groups -OCH3 is 1. The number of hydrogen-bond donors (Lipinski definition) is 0. The molecule has 134 valence electrons. The van der Waals surface area contributed by atoms with Gasteiger partial charge in [-0.05, 0) is 53.7 Å². The summed E-state index contributed by atoms with van der Waals surface area (Å²) in [6.07, 6.45) is 1.53. The molecule has 0 amide bonds. The van der Waals surface area contributed by atoms with Gasteiger partial charge in [-0.2, -0.15) is 18.6 Å². The molecular formula is C17H13ClF2N4OS. The SMILES string of the molecule is COc1ccc(-c2nnc(SC(F)F)n2/N=C\c2ccc(Cl)cc2)cc1. The maximum absolute atomic E-state index is 12.8. The normalized spacial score (nSPS) is 11.4. The Bertz CT molecular complexity index is 898. The van der Waals surface area contributed by atoms with E-state index in [1.807, 2.05) is 0 Å². The van der Waals surface area contributed by atoms with Crippen LogP contribution in [0.4, 0.5) is 8.78 Å². The number of aromatic nitrogens is 3. The zero-order chi connectivity index (χ0) is 18.5. The van der Waals surface area contributed by atoms with Crippen molar-refractivity contribution in [2.45, 2.75) is 10.9 Å². The number of halogens is 3. The topological polar surface area (TPSA) is 52.3 Å². The van der Waals surface area contributed by atoms with E-state index in [9.17, 15) is 8.78 Å². The summed E-state index contributed by atoms with van der Waals surface area (Å²) in [6.45, 7) is 0. The molecule has 0 N–H and O–H groups in total. The third kappa shape index (κ3) is 4.39. The molecule has 1 heterocycles. The van der Waals surface area contributed by atoms with Gasteiger partial charge in [-0.15, -0.1) is 10.2 Å². The zero-order valence-corrected chi connectivity index (χ0v) is 15.1. The first-order valence-electron chi connectivity index (χ1n) is 7.41. The lowest BCUT2D eigenvalue weighted by Crippen LogP contribution is -1.98. The number of thioether (sulfide) groups is 1. The Morgan fingerprint density at radius 2 is 1.81 bits per heavy atom. The van der Waals surface area contributed by atoms with Gasteiger partial charge in [0.1, 0.15) is 5.75 Å². The predicted molar refractivity (Wildman–Crippen MR) is 98.3 cm³/mol. The van der Waals surface area contributed by atoms with Gasteiger partial charge in [0.2, 0.25) is 5.16 Å². The second-order valence-electron chi connectivity index (χ2n) is 5.02. The van der Waals surface area contributed by atoms with Crippen LogP contribution in [0, 0.1) is 0 Å². The van der Waals surface area contributed by atoms with Crippen LogP contribution in [0.2, 0.25) is 5.02 Å². The molecule has 0 saturated carbocycles. The minimum Gasteiger partial charge on any atom is -0.497 e. The monoisotopic (exact) mass is 394 g/mol. The standard InChI is InChI=1S/C17H13ClF2N4OS/c1-25-14-8-4-12(5-9-14)15-22-23-17(26-16(19)20)24(15)21-10-11-2-6-13(18)7-3-11/h2-10,16H,1H3/b21-10-. The van der Waals surface area contributed by atoms with Crippen LogP contribution >= 0.6 is 23.4 Å². The Morgan fingerprint density at radius 1 is 1.12 bits per heavy atom. The van der Waals surface area contributed by atoms with Crippen molar-refractivity contribution < 1.29 is 13.5 Å². The molecular weight excluding hydrogens is 382 g/mol. The molecule has 3 aromatic rings. The van der Waals surface area contributed by atoms with Crippen LogP contribution in [0.15, 0.2) is 58.8 Å². The van der Waals surface area contributed by atoms with Crippen LogP contribution in [-0.2, 0) is 0 Å². The van der Waals surface area contributed by atoms with Crippen LogP contribution in [-0.4, -0.2) is 34.0 Å². The van der Waals surface area contributed by atoms with E-state index in [1.54, 1.807) is 55.6 Å². The molecule has 26 heavy (non-hydrogen) atoms. The molecule has 0 aliphatic carbocycles. The van der Waals surface area contributed by atoms with Crippen LogP contribution in [0.1, 0.15) is 5.56 Å². The fourth-order valence-electron chi connectivity index (χ4n) is 2.12. The van der Waals surface area contributed by atoms with Gasteiger partial charge in [0, 0.05) is 10.6 Å². The quantitative estimate of drug-likeness (QED) is 0.445. The third-order valence-corrected chi connectivity index (χ3v) is 4.24. The second-order valence-corrected chi connectivity index (χ2v) is 6.41. The van der Waals surface area contributed by atoms with Gasteiger partial charge in [-0.3, -0.25) is 0 Å². The summed E-state index contributed by atoms with van der Waals surface area (Å²) < 4.78 is 32.0. The van der Waals surface area contributed by atoms with Crippen molar-refractivity contribution in [3.63, 3.8) is 0 Å². The predicted octanol–water partition coefficient (Wildman–Crippen LogP) is 4.80. The highest BCUT2D eigenvalue weighted by molar-refractivity contribution is 7.99. The number of alkyl halides is 2. The van der Waals surface area contributed by atoms with E-state index in [-0.39, 0.29) is 16.9 Å². The summed E-state index contributed by atoms with van der Waals surface area (Å²) in [5.41, 5.74) is 1.43. The molecule has 0 aliphatic heterocycles. The Morgan fingerprint density at radius 3 is 2.42 bits per heavy atom. The van der Waals surface area contributed by atoms with Gasteiger partial charge < -0.3 is 4.74 Å². The van der Waals surface area contributed by atoms with E-state index >= 15 is 0 Å². The van der Waals surface area contributed by atoms with E-state index in [4.69, 9.17) is 16.3 Å². The van der Waals surface area contributed by atoms with E-state index in [0.29, 0.717) is 22.2 Å². The van der Waals surface area contributed by atoms with Gasteiger partial charge in [0.25, 0.3) is 5.76 Å². The minimum absolute atomic E-state index is 0.00367. The van der Waals surface area contributed by atoms with E-state index in [1.165, 1.54) is 10.9 Å². The Labute approximate surface area is 157 Å². The van der Waals surface area contributed by atoms with Gasteiger partial charge >= 0.3 is 0 Å². The molecule has 2 aromatic carbocycles. The molecule has 9 heteroatoms. The van der Waals surface area contributed by atoms with Crippen molar-refractivity contribution in [3.8, 4) is 17.1 Å². The van der Waals surface area contributed by atoms with Crippen LogP contribution in [0.3, 0.4) is 0 Å². The third-order valence-electron chi connectivity index (χ3n) is 3.35. The van der Waals surface area contributed by atoms with Gasteiger partial charge in [0.05, 0.1) is 13.3 Å². The van der Waals surface area contributed by atoms with Crippen LogP contribution < -0.4 is 4.74 Å². The Hall–Kier alpha value is -2.45. The average Bonchev–Trinajstić information content (AvgIpc) is 3.03. The summed E-state index contributed by atoms with van der Waals surface area (Å²) in [5, 5.41) is 12.7. The summed E-state index contributed by atoms with van der Waals surface area (Å²) in [6, 6.07) is 14.0. The van der Waals surface area contributed by atoms with Crippen molar-refractivity contribution in [2.75, 3.05) is 7.11 Å². The maximum atomic E-state index is 12.8. The summed E-state index contributed by atoms with van der Waals surface area (Å²) >= 11 is 6.14. The van der Waals surface area contributed by atoms with Crippen molar-refractivity contribution >= 4 is 29.6 Å². The van der Waals surface area contributed by atoms with Crippen molar-refractivity contribution in [3.05, 3.63) is 59.1 Å². The molecule has 1 aromatic heterocycles. The number of nitrogens with zero attached hydrogens (tertiary/aromatic N) is 4. The zero-order valence-electron chi connectivity index (χ0n) is 13.5.